The van der Waals surface area contributed by atoms with Crippen LogP contribution >= 0.6 is 23.2 Å². The van der Waals surface area contributed by atoms with E-state index in [-0.39, 0.29) is 24.6 Å². The summed E-state index contributed by atoms with van der Waals surface area (Å²) in [5.41, 5.74) is 0. The first-order chi connectivity index (χ1) is 11.5. The maximum absolute atomic E-state index is 12.0. The third kappa shape index (κ3) is 5.18. The van der Waals surface area contributed by atoms with Crippen LogP contribution in [0, 0.1) is 0 Å². The Hall–Kier alpha value is -1.66. The van der Waals surface area contributed by atoms with Crippen molar-refractivity contribution in [2.45, 2.75) is 25.8 Å². The van der Waals surface area contributed by atoms with Crippen LogP contribution in [0.1, 0.15) is 19.8 Å². The molecule has 0 aromatic heterocycles. The molecule has 2 rings (SSSR count). The van der Waals surface area contributed by atoms with Crippen LogP contribution in [-0.2, 0) is 9.53 Å². The van der Waals surface area contributed by atoms with Crippen LogP contribution in [0.2, 0.25) is 10.0 Å². The molecule has 0 radical (unpaired) electrons. The monoisotopic (exact) mass is 374 g/mol. The van der Waals surface area contributed by atoms with Gasteiger partial charge in [-0.2, -0.15) is 0 Å². The van der Waals surface area contributed by atoms with Crippen molar-refractivity contribution in [3.05, 3.63) is 28.2 Å². The number of amides is 2. The highest BCUT2D eigenvalue weighted by Crippen LogP contribution is 2.32. The van der Waals surface area contributed by atoms with E-state index < -0.39 is 0 Å². The maximum Gasteiger partial charge on any atom is 0.409 e. The Morgan fingerprint density at radius 2 is 1.88 bits per heavy atom. The van der Waals surface area contributed by atoms with Crippen LogP contribution in [-0.4, -0.2) is 49.2 Å². The molecule has 24 heavy (non-hydrogen) atoms. The summed E-state index contributed by atoms with van der Waals surface area (Å²) in [6.07, 6.45) is 1.05. The second-order valence-electron chi connectivity index (χ2n) is 5.37. The van der Waals surface area contributed by atoms with Gasteiger partial charge in [-0.05, 0) is 31.9 Å². The summed E-state index contributed by atoms with van der Waals surface area (Å²) in [4.78, 5) is 25.3. The van der Waals surface area contributed by atoms with Gasteiger partial charge in [-0.25, -0.2) is 4.79 Å². The lowest BCUT2D eigenvalue weighted by Crippen LogP contribution is -2.47. The molecule has 1 saturated heterocycles. The second kappa shape index (κ2) is 8.99. The van der Waals surface area contributed by atoms with E-state index in [1.807, 2.05) is 0 Å². The lowest BCUT2D eigenvalue weighted by Gasteiger charge is -2.31. The number of halogens is 2. The molecule has 0 unspecified atom stereocenters. The van der Waals surface area contributed by atoms with Crippen LogP contribution in [0.15, 0.2) is 18.2 Å². The number of likely N-dealkylation sites (tertiary alicyclic amines) is 1. The number of carbonyl (C=O) groups excluding carboxylic acids is 2. The van der Waals surface area contributed by atoms with Gasteiger partial charge in [0, 0.05) is 19.1 Å². The van der Waals surface area contributed by atoms with Gasteiger partial charge in [0.15, 0.2) is 12.4 Å². The Balaban J connectivity index is 1.75. The van der Waals surface area contributed by atoms with Gasteiger partial charge >= 0.3 is 6.09 Å². The Kier molecular flexibility index (Phi) is 6.99. The number of nitrogens with zero attached hydrogens (tertiary/aromatic N) is 1. The minimum absolute atomic E-state index is 0.00786. The second-order valence-corrected chi connectivity index (χ2v) is 6.18. The molecule has 1 fully saturated rings. The number of rotatable bonds is 5. The molecule has 0 spiro atoms. The fourth-order valence-electron chi connectivity index (χ4n) is 2.45. The summed E-state index contributed by atoms with van der Waals surface area (Å²) >= 11 is 12.0. The zero-order chi connectivity index (χ0) is 17.5. The summed E-state index contributed by atoms with van der Waals surface area (Å²) in [5.74, 6) is 0.0497. The first-order valence-electron chi connectivity index (χ1n) is 7.79. The van der Waals surface area contributed by atoms with Gasteiger partial charge in [0.2, 0.25) is 0 Å². The molecule has 1 aliphatic rings. The molecule has 1 heterocycles. The van der Waals surface area contributed by atoms with Crippen molar-refractivity contribution in [1.29, 1.82) is 0 Å². The van der Waals surface area contributed by atoms with Crippen LogP contribution in [0.25, 0.3) is 0 Å². The van der Waals surface area contributed by atoms with Crippen molar-refractivity contribution in [2.75, 3.05) is 26.3 Å². The molecule has 1 N–H and O–H groups in total. The maximum atomic E-state index is 12.0. The van der Waals surface area contributed by atoms with Crippen LogP contribution < -0.4 is 10.1 Å². The fourth-order valence-corrected chi connectivity index (χ4v) is 2.96. The highest BCUT2D eigenvalue weighted by Gasteiger charge is 2.24. The molecule has 132 valence electrons. The number of hydrogen-bond donors (Lipinski definition) is 1. The van der Waals surface area contributed by atoms with Gasteiger partial charge < -0.3 is 19.7 Å². The van der Waals surface area contributed by atoms with Gasteiger partial charge in [-0.3, -0.25) is 4.79 Å². The zero-order valence-electron chi connectivity index (χ0n) is 13.4. The summed E-state index contributed by atoms with van der Waals surface area (Å²) in [5, 5.41) is 3.61. The van der Waals surface area contributed by atoms with Crippen molar-refractivity contribution in [2.24, 2.45) is 0 Å². The van der Waals surface area contributed by atoms with Gasteiger partial charge in [-0.15, -0.1) is 0 Å². The summed E-state index contributed by atoms with van der Waals surface area (Å²) in [7, 11) is 0. The topological polar surface area (TPSA) is 67.9 Å². The van der Waals surface area contributed by atoms with Crippen molar-refractivity contribution in [1.82, 2.24) is 10.2 Å². The number of piperidine rings is 1. The first kappa shape index (κ1) is 18.7. The first-order valence-corrected chi connectivity index (χ1v) is 8.54. The van der Waals surface area contributed by atoms with E-state index in [0.29, 0.717) is 48.3 Å². The number of benzene rings is 1. The highest BCUT2D eigenvalue weighted by molar-refractivity contribution is 6.37. The summed E-state index contributed by atoms with van der Waals surface area (Å²) in [6, 6.07) is 5.00. The van der Waals surface area contributed by atoms with Crippen LogP contribution in [0.3, 0.4) is 0 Å². The molecule has 6 nitrogen and oxygen atoms in total. The summed E-state index contributed by atoms with van der Waals surface area (Å²) in [6.45, 7) is 3.08. The van der Waals surface area contributed by atoms with Gasteiger partial charge in [0.05, 0.1) is 16.7 Å². The van der Waals surface area contributed by atoms with Gasteiger partial charge in [0.25, 0.3) is 5.91 Å². The SMILES string of the molecule is CCOC(=O)N1CCC(NC(=O)COc2c(Cl)cccc2Cl)CC1. The Bertz CT molecular complexity index is 569. The lowest BCUT2D eigenvalue weighted by atomic mass is 10.1. The molecule has 0 atom stereocenters. The molecule has 0 bridgehead atoms. The minimum Gasteiger partial charge on any atom is -0.481 e. The number of carbonyl (C=O) groups is 2. The van der Waals surface area contributed by atoms with E-state index >= 15 is 0 Å². The third-order valence-corrected chi connectivity index (χ3v) is 4.25. The third-order valence-electron chi connectivity index (χ3n) is 3.65. The largest absolute Gasteiger partial charge is 0.481 e. The van der Waals surface area contributed by atoms with Crippen LogP contribution in [0.5, 0.6) is 5.75 Å². The van der Waals surface area contributed by atoms with Crippen LogP contribution in [0.4, 0.5) is 4.79 Å². The van der Waals surface area contributed by atoms with Crippen molar-refractivity contribution in [3.63, 3.8) is 0 Å². The van der Waals surface area contributed by atoms with Crippen molar-refractivity contribution < 1.29 is 19.1 Å². The van der Waals surface area contributed by atoms with E-state index in [4.69, 9.17) is 32.7 Å². The predicted molar refractivity (Wildman–Crippen MR) is 91.7 cm³/mol. The number of nitrogens with one attached hydrogen (secondary N) is 1. The fraction of sp³-hybridized carbons (Fsp3) is 0.500. The number of ether oxygens (including phenoxy) is 2. The quantitative estimate of drug-likeness (QED) is 0.859. The van der Waals surface area contributed by atoms with E-state index in [1.165, 1.54) is 0 Å². The zero-order valence-corrected chi connectivity index (χ0v) is 14.9. The summed E-state index contributed by atoms with van der Waals surface area (Å²) < 4.78 is 10.4. The molecule has 0 saturated carbocycles. The van der Waals surface area contributed by atoms with E-state index in [9.17, 15) is 9.59 Å². The Morgan fingerprint density at radius 1 is 1.25 bits per heavy atom. The minimum atomic E-state index is -0.307. The Labute approximate surface area is 151 Å². The normalized spacial score (nSPS) is 15.0. The highest BCUT2D eigenvalue weighted by atomic mass is 35.5. The van der Waals surface area contributed by atoms with E-state index in [0.717, 1.165) is 0 Å². The van der Waals surface area contributed by atoms with Crippen molar-refractivity contribution >= 4 is 35.2 Å². The number of para-hydroxylation sites is 1. The lowest BCUT2D eigenvalue weighted by molar-refractivity contribution is -0.124. The van der Waals surface area contributed by atoms with E-state index in [2.05, 4.69) is 5.32 Å². The molecular weight excluding hydrogens is 355 g/mol. The smallest absolute Gasteiger partial charge is 0.409 e. The molecule has 0 aliphatic carbocycles. The molecule has 8 heteroatoms. The molecule has 1 aromatic carbocycles. The Morgan fingerprint density at radius 3 is 2.46 bits per heavy atom. The van der Waals surface area contributed by atoms with E-state index in [1.54, 1.807) is 30.0 Å². The molecule has 1 aliphatic heterocycles. The molecule has 2 amide bonds. The molecular formula is C16H20Cl2N2O4. The molecule has 1 aromatic rings. The number of hydrogen-bond acceptors (Lipinski definition) is 4. The average Bonchev–Trinajstić information content (AvgIpc) is 2.55. The average molecular weight is 375 g/mol. The van der Waals surface area contributed by atoms with Gasteiger partial charge in [-0.1, -0.05) is 29.3 Å². The predicted octanol–water partition coefficient (Wildman–Crippen LogP) is 3.11. The van der Waals surface area contributed by atoms with Gasteiger partial charge in [0.1, 0.15) is 0 Å². The standard InChI is InChI=1S/C16H20Cl2N2O4/c1-2-23-16(22)20-8-6-11(7-9-20)19-14(21)10-24-15-12(17)4-3-5-13(15)18/h3-5,11H,2,6-10H2,1H3,(H,19,21). The van der Waals surface area contributed by atoms with Crippen molar-refractivity contribution in [3.8, 4) is 5.75 Å².